The Hall–Kier alpha value is -1.89. The van der Waals surface area contributed by atoms with Gasteiger partial charge in [-0.3, -0.25) is 9.69 Å². The van der Waals surface area contributed by atoms with E-state index in [4.69, 9.17) is 14.2 Å². The maximum atomic E-state index is 12.9. The fourth-order valence-corrected chi connectivity index (χ4v) is 4.97. The SMILES string of the molecule is COC1CN(CCOC2CCC(N3CC=C(Oc4ccc(C5CC5)cc4)C3=O)CC2)C1. The predicted molar refractivity (Wildman–Crippen MR) is 118 cm³/mol. The van der Waals surface area contributed by atoms with Crippen LogP contribution < -0.4 is 4.74 Å². The zero-order chi connectivity index (χ0) is 21.2. The number of hydrogen-bond donors (Lipinski definition) is 0. The first kappa shape index (κ1) is 21.0. The zero-order valence-electron chi connectivity index (χ0n) is 18.5. The second-order valence-corrected chi connectivity index (χ2v) is 9.39. The molecule has 0 spiro atoms. The second-order valence-electron chi connectivity index (χ2n) is 9.39. The molecule has 2 saturated carbocycles. The summed E-state index contributed by atoms with van der Waals surface area (Å²) < 4.78 is 17.3. The average Bonchev–Trinajstić information content (AvgIpc) is 3.55. The lowest BCUT2D eigenvalue weighted by molar-refractivity contribution is -0.130. The molecular formula is C25H34N2O4. The van der Waals surface area contributed by atoms with Crippen molar-refractivity contribution in [1.29, 1.82) is 0 Å². The van der Waals surface area contributed by atoms with Gasteiger partial charge in [-0.1, -0.05) is 12.1 Å². The second kappa shape index (κ2) is 9.31. The summed E-state index contributed by atoms with van der Waals surface area (Å²) in [6, 6.07) is 8.53. The van der Waals surface area contributed by atoms with Crippen LogP contribution in [0.15, 0.2) is 36.1 Å². The number of hydrogen-bond acceptors (Lipinski definition) is 5. The summed E-state index contributed by atoms with van der Waals surface area (Å²) in [4.78, 5) is 17.3. The molecule has 0 N–H and O–H groups in total. The minimum atomic E-state index is 0.0288. The number of benzene rings is 1. The first-order valence-corrected chi connectivity index (χ1v) is 11.9. The third-order valence-electron chi connectivity index (χ3n) is 7.20. The van der Waals surface area contributed by atoms with Gasteiger partial charge in [-0.05, 0) is 68.2 Å². The van der Waals surface area contributed by atoms with E-state index in [9.17, 15) is 4.79 Å². The number of likely N-dealkylation sites (tertiary alicyclic amines) is 1. The lowest BCUT2D eigenvalue weighted by Gasteiger charge is -2.38. The van der Waals surface area contributed by atoms with E-state index in [0.717, 1.165) is 63.6 Å². The Balaban J connectivity index is 1.03. The highest BCUT2D eigenvalue weighted by atomic mass is 16.5. The van der Waals surface area contributed by atoms with E-state index in [1.54, 1.807) is 7.11 Å². The normalized spacial score (nSPS) is 27.3. The molecule has 0 atom stereocenters. The van der Waals surface area contributed by atoms with Crippen LogP contribution in [0.25, 0.3) is 0 Å². The van der Waals surface area contributed by atoms with Crippen molar-refractivity contribution in [3.8, 4) is 5.75 Å². The van der Waals surface area contributed by atoms with Crippen molar-refractivity contribution >= 4 is 5.91 Å². The highest BCUT2D eigenvalue weighted by Crippen LogP contribution is 2.40. The van der Waals surface area contributed by atoms with Crippen molar-refractivity contribution in [3.05, 3.63) is 41.7 Å². The summed E-state index contributed by atoms with van der Waals surface area (Å²) in [6.07, 6.45) is 9.28. The summed E-state index contributed by atoms with van der Waals surface area (Å²) in [5, 5.41) is 0. The van der Waals surface area contributed by atoms with E-state index in [-0.39, 0.29) is 5.91 Å². The molecule has 2 aliphatic heterocycles. The van der Waals surface area contributed by atoms with E-state index in [2.05, 4.69) is 17.0 Å². The van der Waals surface area contributed by atoms with Crippen LogP contribution in [0.5, 0.6) is 5.75 Å². The lowest BCUT2D eigenvalue weighted by atomic mass is 9.92. The van der Waals surface area contributed by atoms with Gasteiger partial charge in [-0.15, -0.1) is 0 Å². The molecule has 168 valence electrons. The zero-order valence-corrected chi connectivity index (χ0v) is 18.5. The van der Waals surface area contributed by atoms with Crippen molar-refractivity contribution in [1.82, 2.24) is 9.80 Å². The van der Waals surface area contributed by atoms with Crippen molar-refractivity contribution < 1.29 is 19.0 Å². The molecule has 2 aliphatic carbocycles. The molecule has 6 heteroatoms. The van der Waals surface area contributed by atoms with Crippen LogP contribution in [0, 0.1) is 0 Å². The van der Waals surface area contributed by atoms with Gasteiger partial charge in [-0.2, -0.15) is 0 Å². The number of carbonyl (C=O) groups excluding carboxylic acids is 1. The lowest BCUT2D eigenvalue weighted by Crippen LogP contribution is -2.52. The first-order chi connectivity index (χ1) is 15.2. The van der Waals surface area contributed by atoms with Gasteiger partial charge in [0.15, 0.2) is 5.76 Å². The summed E-state index contributed by atoms with van der Waals surface area (Å²) >= 11 is 0. The highest BCUT2D eigenvalue weighted by Gasteiger charge is 2.34. The minimum Gasteiger partial charge on any atom is -0.452 e. The molecule has 6 nitrogen and oxygen atoms in total. The Labute approximate surface area is 185 Å². The summed E-state index contributed by atoms with van der Waals surface area (Å²) in [7, 11) is 1.78. The minimum absolute atomic E-state index is 0.0288. The van der Waals surface area contributed by atoms with Gasteiger partial charge in [0.05, 0.1) is 18.8 Å². The van der Waals surface area contributed by atoms with Crippen molar-refractivity contribution in [3.63, 3.8) is 0 Å². The monoisotopic (exact) mass is 426 g/mol. The molecule has 1 saturated heterocycles. The van der Waals surface area contributed by atoms with E-state index in [0.29, 0.717) is 30.6 Å². The number of carbonyl (C=O) groups is 1. The van der Waals surface area contributed by atoms with E-state index >= 15 is 0 Å². The Morgan fingerprint density at radius 1 is 0.968 bits per heavy atom. The molecule has 5 rings (SSSR count). The molecule has 1 amide bonds. The van der Waals surface area contributed by atoms with Crippen LogP contribution in [-0.2, 0) is 14.3 Å². The molecular weight excluding hydrogens is 392 g/mol. The van der Waals surface area contributed by atoms with Crippen LogP contribution in [0.2, 0.25) is 0 Å². The molecule has 2 heterocycles. The van der Waals surface area contributed by atoms with Crippen LogP contribution in [0.4, 0.5) is 0 Å². The van der Waals surface area contributed by atoms with Crippen molar-refractivity contribution in [2.45, 2.75) is 62.7 Å². The molecule has 0 radical (unpaired) electrons. The van der Waals surface area contributed by atoms with E-state index in [1.807, 2.05) is 23.1 Å². The molecule has 1 aromatic rings. The Bertz CT molecular complexity index is 790. The van der Waals surface area contributed by atoms with Gasteiger partial charge in [-0.25, -0.2) is 0 Å². The van der Waals surface area contributed by atoms with Gasteiger partial charge in [0, 0.05) is 39.3 Å². The first-order valence-electron chi connectivity index (χ1n) is 11.9. The van der Waals surface area contributed by atoms with Crippen LogP contribution >= 0.6 is 0 Å². The Morgan fingerprint density at radius 2 is 1.71 bits per heavy atom. The fraction of sp³-hybridized carbons (Fsp3) is 0.640. The number of methoxy groups -OCH3 is 1. The maximum absolute atomic E-state index is 12.9. The summed E-state index contributed by atoms with van der Waals surface area (Å²) in [5.41, 5.74) is 1.38. The Kier molecular flexibility index (Phi) is 6.30. The van der Waals surface area contributed by atoms with Crippen LogP contribution in [-0.4, -0.2) is 73.9 Å². The molecule has 1 aromatic carbocycles. The molecule has 3 fully saturated rings. The maximum Gasteiger partial charge on any atom is 0.289 e. The van der Waals surface area contributed by atoms with Gasteiger partial charge in [0.1, 0.15) is 5.75 Å². The number of nitrogens with zero attached hydrogens (tertiary/aromatic N) is 2. The predicted octanol–water partition coefficient (Wildman–Crippen LogP) is 3.33. The topological polar surface area (TPSA) is 51.2 Å². The van der Waals surface area contributed by atoms with Gasteiger partial charge < -0.3 is 19.1 Å². The molecule has 31 heavy (non-hydrogen) atoms. The third-order valence-corrected chi connectivity index (χ3v) is 7.20. The molecule has 0 bridgehead atoms. The van der Waals surface area contributed by atoms with Gasteiger partial charge in [0.2, 0.25) is 0 Å². The van der Waals surface area contributed by atoms with E-state index < -0.39 is 0 Å². The fourth-order valence-electron chi connectivity index (χ4n) is 4.97. The molecule has 0 unspecified atom stereocenters. The van der Waals surface area contributed by atoms with Crippen molar-refractivity contribution in [2.75, 3.05) is 39.9 Å². The average molecular weight is 427 g/mol. The van der Waals surface area contributed by atoms with Gasteiger partial charge >= 0.3 is 0 Å². The van der Waals surface area contributed by atoms with Crippen LogP contribution in [0.1, 0.15) is 50.0 Å². The third kappa shape index (κ3) is 4.97. The van der Waals surface area contributed by atoms with Crippen molar-refractivity contribution in [2.24, 2.45) is 0 Å². The molecule has 4 aliphatic rings. The number of rotatable bonds is 9. The van der Waals surface area contributed by atoms with Crippen LogP contribution in [0.3, 0.4) is 0 Å². The number of ether oxygens (including phenoxy) is 3. The largest absolute Gasteiger partial charge is 0.452 e. The van der Waals surface area contributed by atoms with E-state index in [1.165, 1.54) is 18.4 Å². The summed E-state index contributed by atoms with van der Waals surface area (Å²) in [5.74, 6) is 1.99. The molecule has 0 aromatic heterocycles. The standard InChI is InChI=1S/C25H34N2O4/c1-29-23-16-26(17-23)14-15-30-21-10-6-20(7-11-21)27-13-12-24(25(27)28)31-22-8-4-19(5-9-22)18-2-3-18/h4-5,8-9,12,18,20-21,23H,2-3,6-7,10-11,13-17H2,1H3. The number of amides is 1. The quantitative estimate of drug-likeness (QED) is 0.606. The van der Waals surface area contributed by atoms with Gasteiger partial charge in [0.25, 0.3) is 5.91 Å². The Morgan fingerprint density at radius 3 is 2.39 bits per heavy atom. The highest BCUT2D eigenvalue weighted by molar-refractivity contribution is 5.94. The summed E-state index contributed by atoms with van der Waals surface area (Å²) in [6.45, 7) is 4.46. The smallest absolute Gasteiger partial charge is 0.289 e.